The summed E-state index contributed by atoms with van der Waals surface area (Å²) >= 11 is 0. The number of hydrogen-bond acceptors (Lipinski definition) is 4. The van der Waals surface area contributed by atoms with E-state index in [9.17, 15) is 14.9 Å². The minimum atomic E-state index is -1.14. The number of carboxylic acid groups (broad SMARTS) is 1. The minimum Gasteiger partial charge on any atom is -0.478 e. The zero-order valence-electron chi connectivity index (χ0n) is 12.4. The third kappa shape index (κ3) is 4.30. The van der Waals surface area contributed by atoms with Crippen LogP contribution in [0.2, 0.25) is 0 Å². The van der Waals surface area contributed by atoms with Crippen molar-refractivity contribution in [1.82, 2.24) is 0 Å². The second kappa shape index (κ2) is 7.42. The molecule has 0 atom stereocenters. The summed E-state index contributed by atoms with van der Waals surface area (Å²) in [5.74, 6) is -1.14. The molecule has 1 rings (SSSR count). The highest BCUT2D eigenvalue weighted by Crippen LogP contribution is 2.27. The van der Waals surface area contributed by atoms with Crippen molar-refractivity contribution in [3.8, 4) is 0 Å². The van der Waals surface area contributed by atoms with Gasteiger partial charge in [0.1, 0.15) is 0 Å². The molecule has 0 radical (unpaired) electrons. The van der Waals surface area contributed by atoms with Gasteiger partial charge < -0.3 is 10.0 Å². The molecule has 6 heteroatoms. The summed E-state index contributed by atoms with van der Waals surface area (Å²) in [5.41, 5.74) is 1.02. The molecule has 0 fully saturated rings. The molecule has 6 nitrogen and oxygen atoms in total. The molecule has 0 heterocycles. The van der Waals surface area contributed by atoms with E-state index in [-0.39, 0.29) is 11.3 Å². The normalized spacial score (nSPS) is 11.0. The van der Waals surface area contributed by atoms with Crippen LogP contribution in [-0.2, 0) is 4.79 Å². The van der Waals surface area contributed by atoms with Crippen molar-refractivity contribution in [1.29, 1.82) is 0 Å². The van der Waals surface area contributed by atoms with Crippen molar-refractivity contribution in [3.63, 3.8) is 0 Å². The Morgan fingerprint density at radius 2 is 2.05 bits per heavy atom. The average Bonchev–Trinajstić information content (AvgIpc) is 2.45. The zero-order chi connectivity index (χ0) is 16.0. The van der Waals surface area contributed by atoms with Crippen molar-refractivity contribution >= 4 is 23.4 Å². The lowest BCUT2D eigenvalue weighted by atomic mass is 10.1. The van der Waals surface area contributed by atoms with Crippen LogP contribution in [0.15, 0.2) is 24.3 Å². The van der Waals surface area contributed by atoms with Crippen molar-refractivity contribution in [3.05, 3.63) is 40.0 Å². The summed E-state index contributed by atoms with van der Waals surface area (Å²) in [6.07, 6.45) is 4.09. The average molecular weight is 292 g/mol. The van der Waals surface area contributed by atoms with Gasteiger partial charge in [-0.05, 0) is 31.1 Å². The van der Waals surface area contributed by atoms with Gasteiger partial charge in [0.25, 0.3) is 5.69 Å². The van der Waals surface area contributed by atoms with Crippen LogP contribution in [0, 0.1) is 10.1 Å². The van der Waals surface area contributed by atoms with Gasteiger partial charge in [-0.2, -0.15) is 0 Å². The van der Waals surface area contributed by atoms with Crippen molar-refractivity contribution in [2.75, 3.05) is 11.9 Å². The van der Waals surface area contributed by atoms with E-state index in [1.54, 1.807) is 12.1 Å². The summed E-state index contributed by atoms with van der Waals surface area (Å²) < 4.78 is 0. The highest BCUT2D eigenvalue weighted by atomic mass is 16.6. The lowest BCUT2D eigenvalue weighted by Gasteiger charge is -2.28. The standard InChI is InChI=1S/C15H20N2O4/c1-4-12(5-2)16(3)13-7-8-14(17(20)21)11(10-13)6-9-15(18)19/h6-10,12H,4-5H2,1-3H3,(H,18,19)/b9-6+. The number of hydrogen-bond donors (Lipinski definition) is 1. The Balaban J connectivity index is 3.23. The largest absolute Gasteiger partial charge is 0.478 e. The maximum absolute atomic E-state index is 11.0. The van der Waals surface area contributed by atoms with Gasteiger partial charge in [-0.1, -0.05) is 13.8 Å². The zero-order valence-corrected chi connectivity index (χ0v) is 12.4. The fourth-order valence-corrected chi connectivity index (χ4v) is 2.27. The van der Waals surface area contributed by atoms with E-state index in [2.05, 4.69) is 18.7 Å². The molecular formula is C15H20N2O4. The first kappa shape index (κ1) is 16.7. The summed E-state index contributed by atoms with van der Waals surface area (Å²) in [5, 5.41) is 19.7. The van der Waals surface area contributed by atoms with Crippen LogP contribution < -0.4 is 4.90 Å². The highest BCUT2D eigenvalue weighted by molar-refractivity contribution is 5.86. The molecule has 1 aromatic carbocycles. The molecule has 1 aromatic rings. The van der Waals surface area contributed by atoms with E-state index in [0.29, 0.717) is 6.04 Å². The van der Waals surface area contributed by atoms with Crippen molar-refractivity contribution in [2.45, 2.75) is 32.7 Å². The molecule has 0 amide bonds. The molecule has 0 saturated carbocycles. The number of nitro benzene ring substituents is 1. The number of carboxylic acids is 1. The van der Waals surface area contributed by atoms with E-state index in [1.807, 2.05) is 7.05 Å². The molecule has 0 unspecified atom stereocenters. The van der Waals surface area contributed by atoms with Crippen LogP contribution in [0.1, 0.15) is 32.3 Å². The van der Waals surface area contributed by atoms with Crippen LogP contribution in [0.4, 0.5) is 11.4 Å². The van der Waals surface area contributed by atoms with Crippen LogP contribution in [0.3, 0.4) is 0 Å². The highest BCUT2D eigenvalue weighted by Gasteiger charge is 2.16. The van der Waals surface area contributed by atoms with E-state index in [1.165, 1.54) is 12.1 Å². The predicted molar refractivity (Wildman–Crippen MR) is 82.5 cm³/mol. The molecule has 0 aliphatic carbocycles. The van der Waals surface area contributed by atoms with Gasteiger partial charge >= 0.3 is 5.97 Å². The first-order chi connectivity index (χ1) is 9.90. The Bertz CT molecular complexity index is 551. The van der Waals surface area contributed by atoms with Gasteiger partial charge in [-0.15, -0.1) is 0 Å². The lowest BCUT2D eigenvalue weighted by Crippen LogP contribution is -2.30. The predicted octanol–water partition coefficient (Wildman–Crippen LogP) is 3.32. The smallest absolute Gasteiger partial charge is 0.328 e. The van der Waals surface area contributed by atoms with Gasteiger partial charge in [0, 0.05) is 30.9 Å². The Morgan fingerprint density at radius 1 is 1.43 bits per heavy atom. The Kier molecular flexibility index (Phi) is 5.90. The third-order valence-electron chi connectivity index (χ3n) is 3.51. The molecule has 0 spiro atoms. The Morgan fingerprint density at radius 3 is 2.52 bits per heavy atom. The van der Waals surface area contributed by atoms with Gasteiger partial charge in [0.2, 0.25) is 0 Å². The monoisotopic (exact) mass is 292 g/mol. The van der Waals surface area contributed by atoms with Crippen LogP contribution in [0.5, 0.6) is 0 Å². The topological polar surface area (TPSA) is 83.7 Å². The number of benzene rings is 1. The fourth-order valence-electron chi connectivity index (χ4n) is 2.27. The molecule has 0 aliphatic rings. The van der Waals surface area contributed by atoms with Crippen molar-refractivity contribution in [2.24, 2.45) is 0 Å². The Labute approximate surface area is 123 Å². The van der Waals surface area contributed by atoms with E-state index in [4.69, 9.17) is 5.11 Å². The SMILES string of the molecule is CCC(CC)N(C)c1ccc([N+](=O)[O-])c(/C=C/C(=O)O)c1. The Hall–Kier alpha value is -2.37. The summed E-state index contributed by atoms with van der Waals surface area (Å²) in [7, 11) is 1.93. The van der Waals surface area contributed by atoms with Crippen LogP contribution in [0.25, 0.3) is 6.08 Å². The number of nitrogens with zero attached hydrogens (tertiary/aromatic N) is 2. The molecule has 0 bridgehead atoms. The lowest BCUT2D eigenvalue weighted by molar-refractivity contribution is -0.385. The molecule has 21 heavy (non-hydrogen) atoms. The third-order valence-corrected chi connectivity index (χ3v) is 3.51. The molecule has 1 N–H and O–H groups in total. The number of anilines is 1. The summed E-state index contributed by atoms with van der Waals surface area (Å²) in [6, 6.07) is 5.09. The number of rotatable bonds is 7. The first-order valence-electron chi connectivity index (χ1n) is 6.82. The van der Waals surface area contributed by atoms with E-state index < -0.39 is 10.9 Å². The fraction of sp³-hybridized carbons (Fsp3) is 0.400. The van der Waals surface area contributed by atoms with E-state index in [0.717, 1.165) is 24.6 Å². The maximum Gasteiger partial charge on any atom is 0.328 e. The maximum atomic E-state index is 11.0. The molecule has 0 saturated heterocycles. The first-order valence-corrected chi connectivity index (χ1v) is 6.82. The molecule has 0 aromatic heterocycles. The second-order valence-electron chi connectivity index (χ2n) is 4.75. The quantitative estimate of drug-likeness (QED) is 0.473. The van der Waals surface area contributed by atoms with Crippen LogP contribution >= 0.6 is 0 Å². The van der Waals surface area contributed by atoms with Gasteiger partial charge in [-0.3, -0.25) is 10.1 Å². The summed E-state index contributed by atoms with van der Waals surface area (Å²) in [4.78, 5) is 23.2. The van der Waals surface area contributed by atoms with E-state index >= 15 is 0 Å². The van der Waals surface area contributed by atoms with Gasteiger partial charge in [0.15, 0.2) is 0 Å². The van der Waals surface area contributed by atoms with Gasteiger partial charge in [-0.25, -0.2) is 4.79 Å². The molecule has 0 aliphatic heterocycles. The summed E-state index contributed by atoms with van der Waals surface area (Å²) in [6.45, 7) is 4.17. The van der Waals surface area contributed by atoms with Crippen molar-refractivity contribution < 1.29 is 14.8 Å². The number of aliphatic carboxylic acids is 1. The van der Waals surface area contributed by atoms with Gasteiger partial charge in [0.05, 0.1) is 10.5 Å². The molecule has 114 valence electrons. The second-order valence-corrected chi connectivity index (χ2v) is 4.75. The number of nitro groups is 1. The molecular weight excluding hydrogens is 272 g/mol. The van der Waals surface area contributed by atoms with Crippen LogP contribution in [-0.4, -0.2) is 29.1 Å². The number of carbonyl (C=O) groups is 1. The minimum absolute atomic E-state index is 0.103.